The Morgan fingerprint density at radius 3 is 2.51 bits per heavy atom. The normalized spacial score (nSPS) is 33.5. The number of hydrogen-bond acceptors (Lipinski definition) is 5. The number of nitrogens with one attached hydrogen (secondary N) is 2. The maximum absolute atomic E-state index is 14.2. The zero-order chi connectivity index (χ0) is 28.9. The molecule has 8 nitrogen and oxygen atoms in total. The van der Waals surface area contributed by atoms with E-state index in [0.29, 0.717) is 28.3 Å². The third kappa shape index (κ3) is 4.81. The number of halogens is 1. The number of carbonyl (C=O) groups excluding carboxylic acids is 3. The van der Waals surface area contributed by atoms with Gasteiger partial charge in [0.2, 0.25) is 17.7 Å². The van der Waals surface area contributed by atoms with E-state index in [0.717, 1.165) is 24.8 Å². The molecule has 3 amide bonds. The van der Waals surface area contributed by atoms with Crippen molar-refractivity contribution in [3.05, 3.63) is 71.3 Å². The van der Waals surface area contributed by atoms with E-state index >= 15 is 0 Å². The first-order chi connectivity index (χ1) is 19.7. The summed E-state index contributed by atoms with van der Waals surface area (Å²) in [6, 6.07) is 13.4. The van der Waals surface area contributed by atoms with Crippen molar-refractivity contribution >= 4 is 35.0 Å². The van der Waals surface area contributed by atoms with Gasteiger partial charge in [0.15, 0.2) is 0 Å². The van der Waals surface area contributed by atoms with Crippen LogP contribution in [0.4, 0.5) is 5.69 Å². The molecule has 216 valence electrons. The number of ether oxygens (including phenoxy) is 2. The summed E-state index contributed by atoms with van der Waals surface area (Å²) in [6.07, 6.45) is 6.18. The maximum atomic E-state index is 14.2. The van der Waals surface area contributed by atoms with Gasteiger partial charge in [-0.3, -0.25) is 14.4 Å². The first-order valence-electron chi connectivity index (χ1n) is 14.4. The number of nitrogens with zero attached hydrogens (tertiary/aromatic N) is 1. The molecular formula is C32H36ClN3O5. The number of carbonyl (C=O) groups is 3. The van der Waals surface area contributed by atoms with Crippen molar-refractivity contribution in [1.82, 2.24) is 10.2 Å². The van der Waals surface area contributed by atoms with Crippen LogP contribution < -0.4 is 15.4 Å². The smallest absolute Gasteiger partial charge is 0.246 e. The number of methoxy groups -OCH3 is 1. The van der Waals surface area contributed by atoms with Crippen molar-refractivity contribution in [1.29, 1.82) is 0 Å². The van der Waals surface area contributed by atoms with E-state index in [2.05, 4.69) is 24.5 Å². The van der Waals surface area contributed by atoms with Crippen LogP contribution in [0.1, 0.15) is 38.7 Å². The molecule has 0 radical (unpaired) electrons. The van der Waals surface area contributed by atoms with Gasteiger partial charge in [0.25, 0.3) is 0 Å². The second-order valence-electron chi connectivity index (χ2n) is 11.9. The number of hydrogen-bond donors (Lipinski definition) is 2. The summed E-state index contributed by atoms with van der Waals surface area (Å²) in [5, 5.41) is 6.78. The van der Waals surface area contributed by atoms with Crippen LogP contribution in [0.25, 0.3) is 0 Å². The SMILES string of the molecule is COc1ccc(CN2C(=O)C3C(C(=O)Nc4ccc(Cl)cc4)C4C=CC3(O4)C2C(=O)NC2CCCC(C)C2C)cc1. The van der Waals surface area contributed by atoms with Gasteiger partial charge in [0, 0.05) is 23.3 Å². The number of benzene rings is 2. The summed E-state index contributed by atoms with van der Waals surface area (Å²) in [7, 11) is 1.60. The fourth-order valence-corrected chi connectivity index (χ4v) is 7.30. The monoisotopic (exact) mass is 577 g/mol. The summed E-state index contributed by atoms with van der Waals surface area (Å²) >= 11 is 6.01. The van der Waals surface area contributed by atoms with Crippen LogP contribution in [-0.2, 0) is 25.7 Å². The van der Waals surface area contributed by atoms with Gasteiger partial charge in [-0.1, -0.05) is 62.6 Å². The lowest BCUT2D eigenvalue weighted by Gasteiger charge is -2.38. The van der Waals surface area contributed by atoms with Crippen LogP contribution in [0.5, 0.6) is 5.75 Å². The Morgan fingerprint density at radius 1 is 1.07 bits per heavy atom. The Kier molecular flexibility index (Phi) is 7.32. The van der Waals surface area contributed by atoms with Crippen LogP contribution in [0.2, 0.25) is 5.02 Å². The van der Waals surface area contributed by atoms with Gasteiger partial charge in [-0.15, -0.1) is 0 Å². The molecule has 1 spiro atoms. The second-order valence-corrected chi connectivity index (χ2v) is 12.3. The van der Waals surface area contributed by atoms with Gasteiger partial charge in [-0.2, -0.15) is 0 Å². The van der Waals surface area contributed by atoms with Gasteiger partial charge >= 0.3 is 0 Å². The van der Waals surface area contributed by atoms with Gasteiger partial charge in [-0.25, -0.2) is 0 Å². The van der Waals surface area contributed by atoms with Crippen molar-refractivity contribution in [2.75, 3.05) is 12.4 Å². The van der Waals surface area contributed by atoms with E-state index < -0.39 is 29.6 Å². The number of fused-ring (bicyclic) bond motifs is 1. The Labute approximate surface area is 245 Å². The summed E-state index contributed by atoms with van der Waals surface area (Å²) in [6.45, 7) is 4.61. The van der Waals surface area contributed by atoms with Crippen molar-refractivity contribution in [2.24, 2.45) is 23.7 Å². The summed E-state index contributed by atoms with van der Waals surface area (Å²) in [4.78, 5) is 43.7. The molecule has 6 rings (SSSR count). The molecule has 9 heteroatoms. The van der Waals surface area contributed by atoms with Crippen molar-refractivity contribution in [3.63, 3.8) is 0 Å². The average molecular weight is 578 g/mol. The summed E-state index contributed by atoms with van der Waals surface area (Å²) < 4.78 is 11.8. The molecule has 1 aliphatic carbocycles. The maximum Gasteiger partial charge on any atom is 0.246 e. The van der Waals surface area contributed by atoms with Crippen molar-refractivity contribution in [3.8, 4) is 5.75 Å². The summed E-state index contributed by atoms with van der Waals surface area (Å²) in [5.41, 5.74) is 0.216. The fourth-order valence-electron chi connectivity index (χ4n) is 7.17. The van der Waals surface area contributed by atoms with Crippen LogP contribution in [0.3, 0.4) is 0 Å². The van der Waals surface area contributed by atoms with Crippen LogP contribution in [-0.4, -0.2) is 53.5 Å². The molecule has 41 heavy (non-hydrogen) atoms. The number of likely N-dealkylation sites (tertiary alicyclic amines) is 1. The van der Waals surface area contributed by atoms with Crippen molar-refractivity contribution in [2.45, 2.75) is 63.4 Å². The standard InChI is InChI=1S/C32H36ClN3O5/c1-18-5-4-6-24(19(18)2)35-30(38)28-32-16-15-25(41-32)26(29(37)34-22-11-9-21(33)10-12-22)27(32)31(39)36(28)17-20-7-13-23(40-3)14-8-20/h7-16,18-19,24-28H,4-6,17H2,1-3H3,(H,34,37)(H,35,38). The van der Waals surface area contributed by atoms with Crippen molar-refractivity contribution < 1.29 is 23.9 Å². The van der Waals surface area contributed by atoms with Gasteiger partial charge in [-0.05, 0) is 60.2 Å². The predicted octanol–water partition coefficient (Wildman–Crippen LogP) is 4.58. The molecule has 1 saturated carbocycles. The number of anilines is 1. The minimum atomic E-state index is -1.22. The minimum absolute atomic E-state index is 0.0196. The zero-order valence-corrected chi connectivity index (χ0v) is 24.3. The van der Waals surface area contributed by atoms with Gasteiger partial charge in [0.1, 0.15) is 17.4 Å². The lowest BCUT2D eigenvalue weighted by molar-refractivity contribution is -0.142. The van der Waals surface area contributed by atoms with E-state index in [1.54, 1.807) is 36.3 Å². The quantitative estimate of drug-likeness (QED) is 0.470. The highest BCUT2D eigenvalue weighted by Gasteiger charge is 2.72. The van der Waals surface area contributed by atoms with E-state index in [-0.39, 0.29) is 30.3 Å². The first kappa shape index (κ1) is 27.8. The van der Waals surface area contributed by atoms with Crippen LogP contribution in [0, 0.1) is 23.7 Å². The fraction of sp³-hybridized carbons (Fsp3) is 0.469. The van der Waals surface area contributed by atoms with E-state index in [1.807, 2.05) is 36.4 Å². The minimum Gasteiger partial charge on any atom is -0.497 e. The largest absolute Gasteiger partial charge is 0.497 e. The molecule has 2 bridgehead atoms. The van der Waals surface area contributed by atoms with E-state index in [1.165, 1.54) is 0 Å². The highest BCUT2D eigenvalue weighted by Crippen LogP contribution is 2.55. The van der Waals surface area contributed by atoms with Gasteiger partial charge < -0.3 is 25.0 Å². The molecule has 8 unspecified atom stereocenters. The molecular weight excluding hydrogens is 542 g/mol. The first-order valence-corrected chi connectivity index (χ1v) is 14.8. The van der Waals surface area contributed by atoms with Crippen LogP contribution >= 0.6 is 11.6 Å². The number of rotatable bonds is 7. The third-order valence-corrected chi connectivity index (χ3v) is 9.84. The lowest BCUT2D eigenvalue weighted by Crippen LogP contribution is -2.57. The second kappa shape index (κ2) is 10.8. The highest BCUT2D eigenvalue weighted by molar-refractivity contribution is 6.30. The zero-order valence-electron chi connectivity index (χ0n) is 23.5. The molecule has 3 fully saturated rings. The predicted molar refractivity (Wildman–Crippen MR) is 155 cm³/mol. The molecule has 2 aromatic rings. The molecule has 3 aliphatic heterocycles. The number of amides is 3. The topological polar surface area (TPSA) is 97.0 Å². The molecule has 0 aromatic heterocycles. The lowest BCUT2D eigenvalue weighted by atomic mass is 9.73. The highest BCUT2D eigenvalue weighted by atomic mass is 35.5. The van der Waals surface area contributed by atoms with E-state index in [9.17, 15) is 14.4 Å². The van der Waals surface area contributed by atoms with Crippen LogP contribution in [0.15, 0.2) is 60.7 Å². The Balaban J connectivity index is 1.32. The third-order valence-electron chi connectivity index (χ3n) is 9.58. The Morgan fingerprint density at radius 2 is 1.80 bits per heavy atom. The van der Waals surface area contributed by atoms with Gasteiger partial charge in [0.05, 0.1) is 25.0 Å². The Bertz CT molecular complexity index is 1360. The molecule has 4 aliphatic rings. The molecule has 3 heterocycles. The molecule has 8 atom stereocenters. The van der Waals surface area contributed by atoms with E-state index in [4.69, 9.17) is 21.1 Å². The molecule has 2 N–H and O–H groups in total. The average Bonchev–Trinajstić information content (AvgIpc) is 3.60. The Hall–Kier alpha value is -3.36. The molecule has 2 saturated heterocycles. The summed E-state index contributed by atoms with van der Waals surface area (Å²) in [5.74, 6) is -0.868. The molecule has 2 aromatic carbocycles.